The maximum atomic E-state index is 12.3. The number of halogens is 3. The highest BCUT2D eigenvalue weighted by Gasteiger charge is 2.56. The minimum Gasteiger partial charge on any atom is -0.456 e. The second-order valence-electron chi connectivity index (χ2n) is 6.24. The Bertz CT molecular complexity index is 816. The Kier molecular flexibility index (Phi) is 4.45. The summed E-state index contributed by atoms with van der Waals surface area (Å²) in [6.45, 7) is 2.42. The Balaban J connectivity index is 1.83. The van der Waals surface area contributed by atoms with E-state index in [4.69, 9.17) is 14.2 Å². The second-order valence-corrected chi connectivity index (χ2v) is 6.24. The minimum absolute atomic E-state index is 0.625. The zero-order chi connectivity index (χ0) is 19.3. The molecule has 2 aliphatic heterocycles. The predicted molar refractivity (Wildman–Crippen MR) is 76.1 cm³/mol. The van der Waals surface area contributed by atoms with Gasteiger partial charge in [-0.1, -0.05) is 0 Å². The summed E-state index contributed by atoms with van der Waals surface area (Å²) >= 11 is 0. The summed E-state index contributed by atoms with van der Waals surface area (Å²) in [5.41, 5.74) is -1.41. The molecule has 2 saturated heterocycles. The van der Waals surface area contributed by atoms with Crippen LogP contribution in [0.1, 0.15) is 20.1 Å². The van der Waals surface area contributed by atoms with Gasteiger partial charge in [0, 0.05) is 12.3 Å². The molecule has 3 heterocycles. The van der Waals surface area contributed by atoms with Gasteiger partial charge in [-0.25, -0.2) is 9.59 Å². The normalized spacial score (nSPS) is 30.2. The van der Waals surface area contributed by atoms with Gasteiger partial charge in [0.15, 0.2) is 12.0 Å². The average molecular weight is 380 g/mol. The van der Waals surface area contributed by atoms with E-state index in [-0.39, 0.29) is 0 Å². The Morgan fingerprint density at radius 2 is 1.96 bits per heavy atom. The number of alkyl halides is 3. The van der Waals surface area contributed by atoms with Crippen molar-refractivity contribution in [2.75, 3.05) is 6.61 Å². The van der Waals surface area contributed by atoms with Crippen molar-refractivity contribution < 1.29 is 36.9 Å². The third-order valence-electron chi connectivity index (χ3n) is 3.86. The van der Waals surface area contributed by atoms with Crippen LogP contribution in [0.15, 0.2) is 21.9 Å². The molecular formula is C14H15F3N2O7. The van der Waals surface area contributed by atoms with E-state index in [1.54, 1.807) is 13.8 Å². The molecule has 0 amide bonds. The molecular weight excluding hydrogens is 365 g/mol. The molecule has 1 N–H and O–H groups in total. The van der Waals surface area contributed by atoms with Gasteiger partial charge in [0.1, 0.15) is 24.9 Å². The summed E-state index contributed by atoms with van der Waals surface area (Å²) < 4.78 is 59.0. The Labute approximate surface area is 143 Å². The number of nitrogens with one attached hydrogen (secondary N) is 1. The van der Waals surface area contributed by atoms with Gasteiger partial charge in [-0.2, -0.15) is 13.2 Å². The molecule has 26 heavy (non-hydrogen) atoms. The topological polar surface area (TPSA) is 109 Å². The first-order chi connectivity index (χ1) is 12.0. The maximum Gasteiger partial charge on any atom is 0.490 e. The van der Waals surface area contributed by atoms with Crippen molar-refractivity contribution in [3.8, 4) is 0 Å². The molecule has 2 aliphatic rings. The SMILES string of the molecule is CC1(C)OC2C(COC(=O)C(F)(F)F)OC(n3ccc(=O)[nH]c3=O)C2O1. The first-order valence-electron chi connectivity index (χ1n) is 7.54. The van der Waals surface area contributed by atoms with Crippen molar-refractivity contribution in [2.24, 2.45) is 0 Å². The van der Waals surface area contributed by atoms with Gasteiger partial charge in [0.25, 0.3) is 5.56 Å². The lowest BCUT2D eigenvalue weighted by Crippen LogP contribution is -2.37. The molecule has 0 aliphatic carbocycles. The van der Waals surface area contributed by atoms with E-state index in [0.717, 1.165) is 10.6 Å². The van der Waals surface area contributed by atoms with Crippen molar-refractivity contribution in [1.29, 1.82) is 0 Å². The molecule has 0 aromatic carbocycles. The lowest BCUT2D eigenvalue weighted by molar-refractivity contribution is -0.215. The molecule has 4 unspecified atom stereocenters. The number of aromatic nitrogens is 2. The highest BCUT2D eigenvalue weighted by atomic mass is 19.4. The summed E-state index contributed by atoms with van der Waals surface area (Å²) in [4.78, 5) is 36.1. The fourth-order valence-electron chi connectivity index (χ4n) is 2.88. The van der Waals surface area contributed by atoms with E-state index in [2.05, 4.69) is 4.74 Å². The van der Waals surface area contributed by atoms with Crippen LogP contribution in [-0.4, -0.2) is 52.4 Å². The Hall–Kier alpha value is -2.18. The quantitative estimate of drug-likeness (QED) is 0.739. The summed E-state index contributed by atoms with van der Waals surface area (Å²) in [6.07, 6.45) is -7.89. The molecule has 0 radical (unpaired) electrons. The first kappa shape index (κ1) is 18.6. The van der Waals surface area contributed by atoms with E-state index in [1.165, 1.54) is 6.20 Å². The average Bonchev–Trinajstić information content (AvgIpc) is 2.97. The van der Waals surface area contributed by atoms with E-state index in [0.29, 0.717) is 0 Å². The zero-order valence-electron chi connectivity index (χ0n) is 13.6. The number of aromatic amines is 1. The largest absolute Gasteiger partial charge is 0.490 e. The highest BCUT2D eigenvalue weighted by Crippen LogP contribution is 2.42. The molecule has 12 heteroatoms. The summed E-state index contributed by atoms with van der Waals surface area (Å²) in [7, 11) is 0. The second kappa shape index (κ2) is 6.21. The molecule has 3 rings (SSSR count). The van der Waals surface area contributed by atoms with Crippen LogP contribution < -0.4 is 11.2 Å². The monoisotopic (exact) mass is 380 g/mol. The van der Waals surface area contributed by atoms with Gasteiger partial charge < -0.3 is 18.9 Å². The van der Waals surface area contributed by atoms with Gasteiger partial charge in [-0.05, 0) is 13.8 Å². The van der Waals surface area contributed by atoms with Crippen LogP contribution in [0, 0.1) is 0 Å². The van der Waals surface area contributed by atoms with Crippen molar-refractivity contribution in [1.82, 2.24) is 9.55 Å². The molecule has 144 valence electrons. The van der Waals surface area contributed by atoms with Crippen LogP contribution in [-0.2, 0) is 23.7 Å². The van der Waals surface area contributed by atoms with Gasteiger partial charge in [-0.15, -0.1) is 0 Å². The third-order valence-corrected chi connectivity index (χ3v) is 3.86. The molecule has 0 bridgehead atoms. The number of H-pyrrole nitrogens is 1. The van der Waals surface area contributed by atoms with Gasteiger partial charge in [0.2, 0.25) is 0 Å². The summed E-state index contributed by atoms with van der Waals surface area (Å²) in [6, 6.07) is 1.08. The predicted octanol–water partition coefficient (Wildman–Crippen LogP) is 0.0596. The van der Waals surface area contributed by atoms with E-state index in [9.17, 15) is 27.6 Å². The van der Waals surface area contributed by atoms with Crippen LogP contribution in [0.5, 0.6) is 0 Å². The van der Waals surface area contributed by atoms with Crippen LogP contribution in [0.25, 0.3) is 0 Å². The van der Waals surface area contributed by atoms with Gasteiger partial charge in [0.05, 0.1) is 0 Å². The number of nitrogens with zero attached hydrogens (tertiary/aromatic N) is 1. The lowest BCUT2D eigenvalue weighted by atomic mass is 10.1. The number of carbonyl (C=O) groups excluding carboxylic acids is 1. The van der Waals surface area contributed by atoms with Crippen molar-refractivity contribution in [3.05, 3.63) is 33.1 Å². The number of ether oxygens (including phenoxy) is 4. The number of hydrogen-bond acceptors (Lipinski definition) is 7. The Morgan fingerprint density at radius 1 is 1.31 bits per heavy atom. The fraction of sp³-hybridized carbons (Fsp3) is 0.643. The third kappa shape index (κ3) is 3.52. The number of hydrogen-bond donors (Lipinski definition) is 1. The van der Waals surface area contributed by atoms with Gasteiger partial charge in [-0.3, -0.25) is 14.3 Å². The molecule has 9 nitrogen and oxygen atoms in total. The van der Waals surface area contributed by atoms with Gasteiger partial charge >= 0.3 is 17.8 Å². The van der Waals surface area contributed by atoms with Crippen molar-refractivity contribution in [3.63, 3.8) is 0 Å². The molecule has 1 aromatic heterocycles. The molecule has 0 saturated carbocycles. The van der Waals surface area contributed by atoms with Crippen LogP contribution >= 0.6 is 0 Å². The summed E-state index contributed by atoms with van der Waals surface area (Å²) in [5.74, 6) is -3.45. The first-order valence-corrected chi connectivity index (χ1v) is 7.54. The minimum atomic E-state index is -5.14. The van der Waals surface area contributed by atoms with Crippen LogP contribution in [0.3, 0.4) is 0 Å². The van der Waals surface area contributed by atoms with Crippen LogP contribution in [0.2, 0.25) is 0 Å². The van der Waals surface area contributed by atoms with E-state index >= 15 is 0 Å². The molecule has 1 aromatic rings. The maximum absolute atomic E-state index is 12.3. The smallest absolute Gasteiger partial charge is 0.456 e. The standard InChI is InChI=1S/C14H15F3N2O7/c1-13(2)25-8-6(5-23-11(21)14(15,16)17)24-10(9(8)26-13)19-4-3-7(20)18-12(19)22/h3-4,6,8-10H,5H2,1-2H3,(H,18,20,22). The van der Waals surface area contributed by atoms with Crippen LogP contribution in [0.4, 0.5) is 13.2 Å². The molecule has 2 fully saturated rings. The number of rotatable bonds is 3. The molecule has 4 atom stereocenters. The number of fused-ring (bicyclic) bond motifs is 1. The number of carbonyl (C=O) groups is 1. The van der Waals surface area contributed by atoms with E-state index in [1.807, 2.05) is 4.98 Å². The zero-order valence-corrected chi connectivity index (χ0v) is 13.6. The Morgan fingerprint density at radius 3 is 2.58 bits per heavy atom. The lowest BCUT2D eigenvalue weighted by Gasteiger charge is -2.24. The fourth-order valence-corrected chi connectivity index (χ4v) is 2.88. The van der Waals surface area contributed by atoms with Crippen molar-refractivity contribution in [2.45, 2.75) is 50.4 Å². The summed E-state index contributed by atoms with van der Waals surface area (Å²) in [5, 5.41) is 0. The molecule has 0 spiro atoms. The number of esters is 1. The van der Waals surface area contributed by atoms with E-state index < -0.39 is 60.3 Å². The highest BCUT2D eigenvalue weighted by molar-refractivity contribution is 5.75. The van der Waals surface area contributed by atoms with Crippen molar-refractivity contribution >= 4 is 5.97 Å².